The lowest BCUT2D eigenvalue weighted by Gasteiger charge is -2.24. The summed E-state index contributed by atoms with van der Waals surface area (Å²) in [4.78, 5) is 38.3. The Morgan fingerprint density at radius 2 is 1.77 bits per heavy atom. The first-order valence-corrected chi connectivity index (χ1v) is 14.9. The molecule has 0 unspecified atom stereocenters. The van der Waals surface area contributed by atoms with E-state index in [0.717, 1.165) is 17.3 Å². The van der Waals surface area contributed by atoms with Crippen LogP contribution < -0.4 is 29.7 Å². The molecule has 2 aromatic heterocycles. The van der Waals surface area contributed by atoms with Crippen LogP contribution in [0.5, 0.6) is 17.4 Å². The molecule has 13 heteroatoms. The number of oxazole rings is 1. The number of benzene rings is 3. The Labute approximate surface area is 252 Å². The average molecular weight is 615 g/mol. The molecule has 2 N–H and O–H groups in total. The summed E-state index contributed by atoms with van der Waals surface area (Å²) in [5.41, 5.74) is 8.73. The van der Waals surface area contributed by atoms with Gasteiger partial charge >= 0.3 is 0 Å². The zero-order chi connectivity index (χ0) is 31.3. The monoisotopic (exact) mass is 614 g/mol. The van der Waals surface area contributed by atoms with Crippen LogP contribution in [0.3, 0.4) is 0 Å². The molecular weight excluding hydrogens is 587 g/mol. The number of rotatable bonds is 12. The Bertz CT molecular complexity index is 1840. The third kappa shape index (κ3) is 7.42. The van der Waals surface area contributed by atoms with Gasteiger partial charge in [0.15, 0.2) is 11.5 Å². The van der Waals surface area contributed by atoms with Crippen LogP contribution in [-0.4, -0.2) is 27.8 Å². The molecule has 0 bridgehead atoms. The summed E-state index contributed by atoms with van der Waals surface area (Å²) in [7, 11) is -3.38. The Kier molecular flexibility index (Phi) is 8.96. The number of nitrogens with two attached hydrogens (primary N) is 1. The fraction of sp³-hybridized carbons (Fsp3) is 0.129. The van der Waals surface area contributed by atoms with Gasteiger partial charge in [-0.2, -0.15) is 0 Å². The van der Waals surface area contributed by atoms with E-state index in [4.69, 9.17) is 24.4 Å². The van der Waals surface area contributed by atoms with E-state index in [1.54, 1.807) is 55.6 Å². The molecule has 0 saturated carbocycles. The summed E-state index contributed by atoms with van der Waals surface area (Å²) in [5.74, 6) is 2.07. The van der Waals surface area contributed by atoms with Crippen LogP contribution in [0.25, 0.3) is 23.2 Å². The van der Waals surface area contributed by atoms with Gasteiger partial charge in [-0.3, -0.25) is 4.79 Å². The van der Waals surface area contributed by atoms with Crippen LogP contribution in [0.1, 0.15) is 32.9 Å². The first-order valence-electron chi connectivity index (χ1n) is 13.2. The van der Waals surface area contributed by atoms with Gasteiger partial charge < -0.3 is 38.7 Å². The lowest BCUT2D eigenvalue weighted by Crippen LogP contribution is -2.10. The van der Waals surface area contributed by atoms with Crippen LogP contribution in [0.2, 0.25) is 0 Å². The molecule has 0 spiro atoms. The number of nitrogens with zero attached hydrogens (tertiary/aromatic N) is 3. The largest absolute Gasteiger partial charge is 0.808 e. The number of hydrogen-bond acceptors (Lipinski definition) is 10. The third-order valence-corrected chi connectivity index (χ3v) is 6.96. The van der Waals surface area contributed by atoms with Crippen molar-refractivity contribution in [1.29, 1.82) is 0 Å². The molecule has 1 amide bonds. The molecule has 5 aromatic rings. The number of amides is 1. The van der Waals surface area contributed by atoms with Crippen molar-refractivity contribution < 1.29 is 37.8 Å². The van der Waals surface area contributed by atoms with Gasteiger partial charge in [0.2, 0.25) is 17.7 Å². The Morgan fingerprint density at radius 3 is 2.45 bits per heavy atom. The maximum Gasteiger partial charge on any atom is 0.248 e. The summed E-state index contributed by atoms with van der Waals surface area (Å²) in [6.07, 6.45) is 2.73. The second-order valence-electron chi connectivity index (χ2n) is 9.55. The van der Waals surface area contributed by atoms with Crippen molar-refractivity contribution in [1.82, 2.24) is 14.8 Å². The predicted molar refractivity (Wildman–Crippen MR) is 157 cm³/mol. The Balaban J connectivity index is 1.28. The predicted octanol–water partition coefficient (Wildman–Crippen LogP) is 3.99. The van der Waals surface area contributed by atoms with Crippen molar-refractivity contribution in [3.63, 3.8) is 0 Å². The first kappa shape index (κ1) is 30.3. The van der Waals surface area contributed by atoms with Gasteiger partial charge in [-0.25, -0.2) is 9.67 Å². The fourth-order valence-electron chi connectivity index (χ4n) is 4.16. The molecule has 0 aliphatic heterocycles. The number of para-hydroxylation sites is 1. The number of ether oxygens (including phenoxy) is 3. The molecule has 5 rings (SSSR count). The summed E-state index contributed by atoms with van der Waals surface area (Å²) in [6, 6.07) is 21.0. The van der Waals surface area contributed by atoms with Gasteiger partial charge in [-0.05, 0) is 74.7 Å². The molecular formula is C31H27N4O8P-2. The molecule has 0 aliphatic rings. The highest BCUT2D eigenvalue weighted by Gasteiger charge is 2.15. The molecule has 12 nitrogen and oxygen atoms in total. The summed E-state index contributed by atoms with van der Waals surface area (Å²) >= 11 is 0. The lowest BCUT2D eigenvalue weighted by atomic mass is 10.1. The number of carbonyl (C=O) groups excluding carboxylic acids is 1. The number of primary amides is 1. The van der Waals surface area contributed by atoms with E-state index >= 15 is 0 Å². The van der Waals surface area contributed by atoms with E-state index in [2.05, 4.69) is 10.1 Å². The van der Waals surface area contributed by atoms with E-state index in [0.29, 0.717) is 51.4 Å². The van der Waals surface area contributed by atoms with Crippen molar-refractivity contribution in [3.05, 3.63) is 113 Å². The topological polar surface area (TPSA) is 178 Å². The number of aryl methyl sites for hydroxylation is 1. The van der Waals surface area contributed by atoms with Crippen LogP contribution in [0.4, 0.5) is 0 Å². The number of hydrogen-bond donors (Lipinski definition) is 1. The minimum absolute atomic E-state index is 0.0655. The molecule has 2 heterocycles. The summed E-state index contributed by atoms with van der Waals surface area (Å²) in [5, 5.41) is 4.42. The average Bonchev–Trinajstić information content (AvgIpc) is 3.61. The third-order valence-electron chi connectivity index (χ3n) is 6.44. The van der Waals surface area contributed by atoms with E-state index in [-0.39, 0.29) is 19.1 Å². The highest BCUT2D eigenvalue weighted by Crippen LogP contribution is 2.32. The van der Waals surface area contributed by atoms with Gasteiger partial charge in [0.25, 0.3) is 0 Å². The lowest BCUT2D eigenvalue weighted by molar-refractivity contribution is -0.308. The van der Waals surface area contributed by atoms with Crippen molar-refractivity contribution in [2.24, 2.45) is 5.73 Å². The van der Waals surface area contributed by atoms with Crippen LogP contribution in [0.15, 0.2) is 89.2 Å². The first-order chi connectivity index (χ1) is 21.1. The standard InChI is InChI=1S/C31H29N4O8P/c1-20-26(33-30(43-20)23-11-9-22(10-12-23)29(32)36)19-41-27-13-8-21(16-28(27)40-2)18-42-31-24(14-15-44(37,38)39)17-35(34-31)25-6-4-3-5-7-25/h3-17H,18-19H2,1-2H3,(H2,32,36)(H2,37,38,39)/p-2/b15-14+. The molecule has 0 fully saturated rings. The van der Waals surface area contributed by atoms with Gasteiger partial charge in [0.1, 0.15) is 24.7 Å². The fourth-order valence-corrected chi connectivity index (χ4v) is 4.51. The minimum Gasteiger partial charge on any atom is -0.808 e. The summed E-state index contributed by atoms with van der Waals surface area (Å²) < 4.78 is 36.0. The number of methoxy groups -OCH3 is 1. The van der Waals surface area contributed by atoms with Gasteiger partial charge in [-0.15, -0.1) is 5.10 Å². The molecule has 226 valence electrons. The van der Waals surface area contributed by atoms with Crippen LogP contribution >= 0.6 is 7.60 Å². The van der Waals surface area contributed by atoms with Crippen molar-refractivity contribution in [3.8, 4) is 34.5 Å². The van der Waals surface area contributed by atoms with Crippen LogP contribution in [-0.2, 0) is 17.8 Å². The quantitative estimate of drug-likeness (QED) is 0.202. The van der Waals surface area contributed by atoms with Gasteiger partial charge in [0.05, 0.1) is 18.4 Å². The molecule has 0 radical (unpaired) electrons. The van der Waals surface area contributed by atoms with E-state index in [1.165, 1.54) is 11.8 Å². The van der Waals surface area contributed by atoms with Crippen LogP contribution in [0, 0.1) is 6.92 Å². The van der Waals surface area contributed by atoms with Crippen molar-refractivity contribution in [2.45, 2.75) is 20.1 Å². The van der Waals surface area contributed by atoms with Crippen molar-refractivity contribution in [2.75, 3.05) is 7.11 Å². The van der Waals surface area contributed by atoms with Gasteiger partial charge in [-0.1, -0.05) is 30.1 Å². The molecule has 0 atom stereocenters. The highest BCUT2D eigenvalue weighted by molar-refractivity contribution is 7.52. The van der Waals surface area contributed by atoms with Gasteiger partial charge in [0, 0.05) is 17.3 Å². The Morgan fingerprint density at radius 1 is 1.02 bits per heavy atom. The smallest absolute Gasteiger partial charge is 0.248 e. The molecule has 3 aromatic carbocycles. The second kappa shape index (κ2) is 13.0. The minimum atomic E-state index is -4.89. The summed E-state index contributed by atoms with van der Waals surface area (Å²) in [6.45, 7) is 1.95. The zero-order valence-electron chi connectivity index (χ0n) is 23.7. The highest BCUT2D eigenvalue weighted by atomic mass is 31.2. The van der Waals surface area contributed by atoms with E-state index in [9.17, 15) is 19.1 Å². The maximum atomic E-state index is 11.3. The maximum absolute atomic E-state index is 11.3. The van der Waals surface area contributed by atoms with E-state index < -0.39 is 13.5 Å². The normalized spacial score (nSPS) is 11.5. The molecule has 44 heavy (non-hydrogen) atoms. The van der Waals surface area contributed by atoms with Crippen molar-refractivity contribution >= 4 is 19.6 Å². The second-order valence-corrected chi connectivity index (χ2v) is 10.9. The number of aromatic nitrogens is 3. The molecule has 0 saturated heterocycles. The van der Waals surface area contributed by atoms with E-state index in [1.807, 2.05) is 30.3 Å². The Hall–Kier alpha value is -5.16. The SMILES string of the molecule is COc1cc(COc2nn(-c3ccccc3)cc2/C=C/P(=O)([O-])[O-])ccc1OCc1nc(-c2ccc(C(N)=O)cc2)oc1C. The number of carbonyl (C=O) groups is 1. The zero-order valence-corrected chi connectivity index (χ0v) is 24.6. The molecule has 0 aliphatic carbocycles.